The summed E-state index contributed by atoms with van der Waals surface area (Å²) in [6.45, 7) is 8.25. The second-order valence-electron chi connectivity index (χ2n) is 8.52. The van der Waals surface area contributed by atoms with Gasteiger partial charge in [0.15, 0.2) is 0 Å². The molecule has 0 bridgehead atoms. The van der Waals surface area contributed by atoms with Gasteiger partial charge in [-0.05, 0) is 27.7 Å². The van der Waals surface area contributed by atoms with Crippen molar-refractivity contribution in [2.45, 2.75) is 51.9 Å². The number of nitrogens with one attached hydrogen (secondary N) is 1. The lowest BCUT2D eigenvalue weighted by molar-refractivity contribution is -0.121. The van der Waals surface area contributed by atoms with Gasteiger partial charge in [0, 0.05) is 24.6 Å². The zero-order valence-electron chi connectivity index (χ0n) is 18.1. The van der Waals surface area contributed by atoms with Crippen LogP contribution in [0.3, 0.4) is 0 Å². The van der Waals surface area contributed by atoms with Gasteiger partial charge in [-0.1, -0.05) is 29.8 Å². The molecule has 0 radical (unpaired) electrons. The number of nitrogens with zero attached hydrogens (tertiary/aromatic N) is 2. The second-order valence-corrected chi connectivity index (χ2v) is 9.38. The summed E-state index contributed by atoms with van der Waals surface area (Å²) in [4.78, 5) is 31.1. The number of hydrogen-bond donors (Lipinski definition) is 1. The van der Waals surface area contributed by atoms with E-state index in [9.17, 15) is 9.59 Å². The number of likely N-dealkylation sites (tertiary alicyclic amines) is 1. The van der Waals surface area contributed by atoms with E-state index in [0.717, 1.165) is 16.3 Å². The second kappa shape index (κ2) is 9.14. The lowest BCUT2D eigenvalue weighted by atomic mass is 10.1. The number of methoxy groups -OCH3 is 1. The molecule has 8 heteroatoms. The fourth-order valence-corrected chi connectivity index (χ4v) is 4.09. The van der Waals surface area contributed by atoms with Gasteiger partial charge in [0.05, 0.1) is 30.8 Å². The largest absolute Gasteiger partial charge is 0.444 e. The molecule has 1 saturated heterocycles. The first-order chi connectivity index (χ1) is 14.1. The topological polar surface area (TPSA) is 80.8 Å². The van der Waals surface area contributed by atoms with E-state index in [-0.39, 0.29) is 24.5 Å². The van der Waals surface area contributed by atoms with Crippen LogP contribution < -0.4 is 5.32 Å². The quantitative estimate of drug-likeness (QED) is 0.785. The summed E-state index contributed by atoms with van der Waals surface area (Å²) in [5.74, 6) is -0.145. The number of carbonyl (C=O) groups excluding carboxylic acids is 2. The van der Waals surface area contributed by atoms with Crippen molar-refractivity contribution in [1.29, 1.82) is 0 Å². The van der Waals surface area contributed by atoms with Crippen molar-refractivity contribution in [2.75, 3.05) is 20.2 Å². The number of hydrogen-bond acceptors (Lipinski definition) is 6. The van der Waals surface area contributed by atoms with Crippen LogP contribution in [0, 0.1) is 6.92 Å². The molecule has 2 aromatic rings. The summed E-state index contributed by atoms with van der Waals surface area (Å²) in [5.41, 5.74) is 2.39. The highest BCUT2D eigenvalue weighted by molar-refractivity contribution is 7.13. The van der Waals surface area contributed by atoms with E-state index in [1.54, 1.807) is 12.0 Å². The predicted molar refractivity (Wildman–Crippen MR) is 117 cm³/mol. The Hall–Kier alpha value is -2.45. The summed E-state index contributed by atoms with van der Waals surface area (Å²) < 4.78 is 10.9. The van der Waals surface area contributed by atoms with Gasteiger partial charge in [-0.3, -0.25) is 4.79 Å². The van der Waals surface area contributed by atoms with Gasteiger partial charge >= 0.3 is 6.09 Å². The Morgan fingerprint density at radius 2 is 1.93 bits per heavy atom. The first-order valence-electron chi connectivity index (χ1n) is 9.96. The molecule has 1 aliphatic heterocycles. The van der Waals surface area contributed by atoms with Crippen LogP contribution in [-0.4, -0.2) is 59.8 Å². The third-order valence-corrected chi connectivity index (χ3v) is 5.70. The number of carbonyl (C=O) groups is 2. The van der Waals surface area contributed by atoms with E-state index in [2.05, 4.69) is 10.3 Å². The van der Waals surface area contributed by atoms with Crippen LogP contribution in [0.25, 0.3) is 10.6 Å². The van der Waals surface area contributed by atoms with Gasteiger partial charge in [-0.2, -0.15) is 0 Å². The molecule has 162 valence electrons. The molecule has 1 aromatic carbocycles. The van der Waals surface area contributed by atoms with Crippen LogP contribution in [0.15, 0.2) is 29.6 Å². The van der Waals surface area contributed by atoms with Crippen LogP contribution >= 0.6 is 11.3 Å². The Balaban J connectivity index is 1.57. The van der Waals surface area contributed by atoms with Gasteiger partial charge in [0.25, 0.3) is 0 Å². The van der Waals surface area contributed by atoms with Crippen LogP contribution in [0.4, 0.5) is 4.79 Å². The first kappa shape index (κ1) is 22.2. The highest BCUT2D eigenvalue weighted by Gasteiger charge is 2.38. The van der Waals surface area contributed by atoms with Crippen molar-refractivity contribution in [3.63, 3.8) is 0 Å². The lowest BCUT2D eigenvalue weighted by Crippen LogP contribution is -2.44. The smallest absolute Gasteiger partial charge is 0.410 e. The maximum Gasteiger partial charge on any atom is 0.410 e. The minimum absolute atomic E-state index is 0.145. The molecular weight excluding hydrogens is 402 g/mol. The van der Waals surface area contributed by atoms with Crippen molar-refractivity contribution in [2.24, 2.45) is 0 Å². The number of amides is 2. The van der Waals surface area contributed by atoms with Crippen molar-refractivity contribution in [3.8, 4) is 10.6 Å². The van der Waals surface area contributed by atoms with E-state index < -0.39 is 11.7 Å². The summed E-state index contributed by atoms with van der Waals surface area (Å²) in [6, 6.07) is 7.87. The molecule has 0 aliphatic carbocycles. The molecule has 2 atom stereocenters. The van der Waals surface area contributed by atoms with Gasteiger partial charge in [0.1, 0.15) is 10.6 Å². The van der Waals surface area contributed by atoms with Gasteiger partial charge in [0.2, 0.25) is 5.91 Å². The van der Waals surface area contributed by atoms with Gasteiger partial charge < -0.3 is 19.7 Å². The fraction of sp³-hybridized carbons (Fsp3) is 0.500. The molecule has 3 rings (SSSR count). The molecule has 30 heavy (non-hydrogen) atoms. The van der Waals surface area contributed by atoms with E-state index >= 15 is 0 Å². The maximum atomic E-state index is 12.6. The molecule has 2 amide bonds. The van der Waals surface area contributed by atoms with E-state index in [0.29, 0.717) is 13.1 Å². The highest BCUT2D eigenvalue weighted by Crippen LogP contribution is 2.24. The van der Waals surface area contributed by atoms with Crippen molar-refractivity contribution >= 4 is 23.3 Å². The highest BCUT2D eigenvalue weighted by atomic mass is 32.1. The van der Waals surface area contributed by atoms with E-state index in [1.165, 1.54) is 16.9 Å². The molecule has 0 spiro atoms. The Morgan fingerprint density at radius 3 is 2.57 bits per heavy atom. The average Bonchev–Trinajstić information content (AvgIpc) is 3.28. The van der Waals surface area contributed by atoms with Crippen molar-refractivity contribution in [3.05, 3.63) is 40.9 Å². The fourth-order valence-electron chi connectivity index (χ4n) is 3.27. The average molecular weight is 432 g/mol. The summed E-state index contributed by atoms with van der Waals surface area (Å²) in [7, 11) is 1.58. The summed E-state index contributed by atoms with van der Waals surface area (Å²) in [6.07, 6.45) is -0.495. The molecule has 1 aliphatic rings. The number of thiazole rings is 1. The Morgan fingerprint density at radius 1 is 1.23 bits per heavy atom. The molecule has 1 fully saturated rings. The number of benzene rings is 1. The van der Waals surface area contributed by atoms with Crippen molar-refractivity contribution < 1.29 is 19.1 Å². The lowest BCUT2D eigenvalue weighted by Gasteiger charge is -2.24. The normalized spacial score (nSPS) is 19.0. The molecule has 7 nitrogen and oxygen atoms in total. The molecule has 1 N–H and O–H groups in total. The number of ether oxygens (including phenoxy) is 2. The van der Waals surface area contributed by atoms with Crippen LogP contribution in [-0.2, 0) is 20.7 Å². The number of rotatable bonds is 5. The molecule has 0 unspecified atom stereocenters. The van der Waals surface area contributed by atoms with E-state index in [1.807, 2.05) is 57.3 Å². The van der Waals surface area contributed by atoms with Gasteiger partial charge in [-0.25, -0.2) is 9.78 Å². The van der Waals surface area contributed by atoms with Crippen LogP contribution in [0.5, 0.6) is 0 Å². The Bertz CT molecular complexity index is 889. The Kier molecular flexibility index (Phi) is 6.77. The minimum Gasteiger partial charge on any atom is -0.444 e. The summed E-state index contributed by atoms with van der Waals surface area (Å²) in [5, 5.41) is 5.78. The molecule has 1 aromatic heterocycles. The molecular formula is C22H29N3O4S. The third kappa shape index (κ3) is 5.79. The monoisotopic (exact) mass is 431 g/mol. The van der Waals surface area contributed by atoms with E-state index in [4.69, 9.17) is 9.47 Å². The van der Waals surface area contributed by atoms with Crippen LogP contribution in [0.2, 0.25) is 0 Å². The minimum atomic E-state index is -0.569. The zero-order chi connectivity index (χ0) is 21.9. The molecule has 2 heterocycles. The SMILES string of the molecule is CO[C@H]1CN(C(=O)OC(C)(C)C)C[C@@H]1NC(=O)Cc1csc(-c2ccc(C)cc2)n1. The predicted octanol–water partition coefficient (Wildman–Crippen LogP) is 3.41. The zero-order valence-corrected chi connectivity index (χ0v) is 18.9. The maximum absolute atomic E-state index is 12.6. The first-order valence-corrected chi connectivity index (χ1v) is 10.8. The van der Waals surface area contributed by atoms with Crippen molar-refractivity contribution in [1.82, 2.24) is 15.2 Å². The molecule has 0 saturated carbocycles. The third-order valence-electron chi connectivity index (χ3n) is 4.76. The summed E-state index contributed by atoms with van der Waals surface area (Å²) >= 11 is 1.52. The van der Waals surface area contributed by atoms with Gasteiger partial charge in [-0.15, -0.1) is 11.3 Å². The number of aromatic nitrogens is 1. The van der Waals surface area contributed by atoms with Crippen LogP contribution in [0.1, 0.15) is 32.0 Å². The number of aryl methyl sites for hydroxylation is 1. The standard InChI is InChI=1S/C22H29N3O4S/c1-14-6-8-15(9-7-14)20-23-16(13-30-20)10-19(26)24-17-11-25(12-18(17)28-5)21(27)29-22(2,3)4/h6-9,13,17-18H,10-12H2,1-5H3,(H,24,26)/t17-,18-/m0/s1. The Labute approximate surface area is 181 Å².